The van der Waals surface area contributed by atoms with Gasteiger partial charge in [0.25, 0.3) is 0 Å². The van der Waals surface area contributed by atoms with Gasteiger partial charge in [0.2, 0.25) is 0 Å². The first-order valence-corrected chi connectivity index (χ1v) is 5.71. The molecule has 1 aromatic heterocycles. The van der Waals surface area contributed by atoms with Crippen molar-refractivity contribution in [1.82, 2.24) is 0 Å². The molecule has 4 nitrogen and oxygen atoms in total. The lowest BCUT2D eigenvalue weighted by atomic mass is 10.1. The SMILES string of the molecule is COC(=O)c1sc2c(C)cccc2c1C(=O)O. The van der Waals surface area contributed by atoms with Crippen LogP contribution in [0.4, 0.5) is 0 Å². The van der Waals surface area contributed by atoms with Gasteiger partial charge in [0.1, 0.15) is 4.88 Å². The monoisotopic (exact) mass is 250 g/mol. The van der Waals surface area contributed by atoms with Crippen LogP contribution in [0.25, 0.3) is 10.1 Å². The standard InChI is InChI=1S/C12H10O4S/c1-6-4-3-5-7-8(11(13)14)10(12(15)16-2)17-9(6)7/h3-5H,1-2H3,(H,13,14). The number of thiophene rings is 1. The first kappa shape index (κ1) is 11.6. The van der Waals surface area contributed by atoms with E-state index in [1.165, 1.54) is 7.11 Å². The van der Waals surface area contributed by atoms with Crippen LogP contribution in [0.15, 0.2) is 18.2 Å². The maximum absolute atomic E-state index is 11.5. The number of rotatable bonds is 2. The summed E-state index contributed by atoms with van der Waals surface area (Å²) in [5, 5.41) is 9.77. The van der Waals surface area contributed by atoms with Crippen molar-refractivity contribution in [3.05, 3.63) is 34.2 Å². The fraction of sp³-hybridized carbons (Fsp3) is 0.167. The molecule has 0 amide bonds. The van der Waals surface area contributed by atoms with Gasteiger partial charge in [-0.3, -0.25) is 0 Å². The van der Waals surface area contributed by atoms with Crippen molar-refractivity contribution in [1.29, 1.82) is 0 Å². The Hall–Kier alpha value is -1.88. The third kappa shape index (κ3) is 1.78. The van der Waals surface area contributed by atoms with Gasteiger partial charge in [0.05, 0.1) is 12.7 Å². The maximum atomic E-state index is 11.5. The predicted octanol–water partition coefficient (Wildman–Crippen LogP) is 2.69. The highest BCUT2D eigenvalue weighted by atomic mass is 32.1. The summed E-state index contributed by atoms with van der Waals surface area (Å²) >= 11 is 1.16. The fourth-order valence-electron chi connectivity index (χ4n) is 1.71. The molecule has 0 bridgehead atoms. The van der Waals surface area contributed by atoms with Crippen LogP contribution in [0.2, 0.25) is 0 Å². The summed E-state index contributed by atoms with van der Waals surface area (Å²) in [4.78, 5) is 22.9. The number of methoxy groups -OCH3 is 1. The van der Waals surface area contributed by atoms with Gasteiger partial charge < -0.3 is 9.84 Å². The van der Waals surface area contributed by atoms with E-state index in [1.807, 2.05) is 13.0 Å². The number of carboxylic acids is 1. The molecule has 0 atom stereocenters. The number of esters is 1. The normalized spacial score (nSPS) is 10.5. The molecule has 0 radical (unpaired) electrons. The number of carboxylic acid groups (broad SMARTS) is 1. The summed E-state index contributed by atoms with van der Waals surface area (Å²) in [5.41, 5.74) is 0.978. The van der Waals surface area contributed by atoms with Crippen molar-refractivity contribution in [2.75, 3.05) is 7.11 Å². The maximum Gasteiger partial charge on any atom is 0.348 e. The van der Waals surface area contributed by atoms with Crippen molar-refractivity contribution >= 4 is 33.4 Å². The van der Waals surface area contributed by atoms with Crippen molar-refractivity contribution < 1.29 is 19.4 Å². The molecule has 88 valence electrons. The van der Waals surface area contributed by atoms with Crippen molar-refractivity contribution in [3.8, 4) is 0 Å². The molecule has 0 aliphatic rings. The quantitative estimate of drug-likeness (QED) is 0.832. The molecule has 0 saturated heterocycles. The molecule has 17 heavy (non-hydrogen) atoms. The van der Waals surface area contributed by atoms with Crippen LogP contribution < -0.4 is 0 Å². The Bertz CT molecular complexity index is 612. The number of aromatic carboxylic acids is 1. The van der Waals surface area contributed by atoms with Crippen LogP contribution in [-0.4, -0.2) is 24.2 Å². The predicted molar refractivity (Wildman–Crippen MR) is 64.9 cm³/mol. The zero-order valence-corrected chi connectivity index (χ0v) is 10.1. The molecule has 0 aliphatic heterocycles. The van der Waals surface area contributed by atoms with Crippen LogP contribution in [0.1, 0.15) is 25.6 Å². The summed E-state index contributed by atoms with van der Waals surface area (Å²) < 4.78 is 5.42. The van der Waals surface area contributed by atoms with E-state index >= 15 is 0 Å². The highest BCUT2D eigenvalue weighted by Gasteiger charge is 2.24. The zero-order valence-electron chi connectivity index (χ0n) is 9.31. The fourth-order valence-corrected chi connectivity index (χ4v) is 2.89. The molecular weight excluding hydrogens is 240 g/mol. The second-order valence-electron chi connectivity index (χ2n) is 3.55. The van der Waals surface area contributed by atoms with E-state index in [-0.39, 0.29) is 10.4 Å². The molecule has 1 N–H and O–H groups in total. The summed E-state index contributed by atoms with van der Waals surface area (Å²) in [6.45, 7) is 1.88. The minimum atomic E-state index is -1.11. The molecule has 2 rings (SSSR count). The van der Waals surface area contributed by atoms with E-state index in [1.54, 1.807) is 12.1 Å². The van der Waals surface area contributed by atoms with Gasteiger partial charge in [-0.1, -0.05) is 18.2 Å². The minimum absolute atomic E-state index is 0.0283. The van der Waals surface area contributed by atoms with Crippen LogP contribution in [0.3, 0.4) is 0 Å². The van der Waals surface area contributed by atoms with E-state index < -0.39 is 11.9 Å². The summed E-state index contributed by atoms with van der Waals surface area (Å²) in [7, 11) is 1.24. The van der Waals surface area contributed by atoms with Crippen LogP contribution >= 0.6 is 11.3 Å². The Labute approximate surface area is 101 Å². The lowest BCUT2D eigenvalue weighted by Gasteiger charge is -1.97. The van der Waals surface area contributed by atoms with Gasteiger partial charge >= 0.3 is 11.9 Å². The Balaban J connectivity index is 2.84. The van der Waals surface area contributed by atoms with Crippen LogP contribution in [-0.2, 0) is 4.74 Å². The number of ether oxygens (including phenoxy) is 1. The number of hydrogen-bond donors (Lipinski definition) is 1. The smallest absolute Gasteiger partial charge is 0.348 e. The number of benzene rings is 1. The third-order valence-corrected chi connectivity index (χ3v) is 3.82. The molecule has 0 aliphatic carbocycles. The minimum Gasteiger partial charge on any atom is -0.478 e. The summed E-state index contributed by atoms with van der Waals surface area (Å²) in [6, 6.07) is 5.36. The highest BCUT2D eigenvalue weighted by Crippen LogP contribution is 2.33. The molecule has 1 heterocycles. The lowest BCUT2D eigenvalue weighted by Crippen LogP contribution is -2.06. The van der Waals surface area contributed by atoms with Crippen LogP contribution in [0, 0.1) is 6.92 Å². The number of fused-ring (bicyclic) bond motifs is 1. The van der Waals surface area contributed by atoms with Gasteiger partial charge in [-0.05, 0) is 12.5 Å². The van der Waals surface area contributed by atoms with E-state index in [0.29, 0.717) is 5.39 Å². The van der Waals surface area contributed by atoms with E-state index in [2.05, 4.69) is 4.74 Å². The van der Waals surface area contributed by atoms with E-state index in [0.717, 1.165) is 21.6 Å². The molecule has 0 fully saturated rings. The average Bonchev–Trinajstić information content (AvgIpc) is 2.68. The number of carbonyl (C=O) groups is 2. The second kappa shape index (κ2) is 4.18. The largest absolute Gasteiger partial charge is 0.478 e. The second-order valence-corrected chi connectivity index (χ2v) is 4.58. The Morgan fingerprint density at radius 2 is 2.06 bits per heavy atom. The Kier molecular flexibility index (Phi) is 2.85. The van der Waals surface area contributed by atoms with Gasteiger partial charge in [0, 0.05) is 10.1 Å². The number of hydrogen-bond acceptors (Lipinski definition) is 4. The molecule has 0 unspecified atom stereocenters. The summed E-state index contributed by atoms with van der Waals surface area (Å²) in [5.74, 6) is -1.72. The van der Waals surface area contributed by atoms with Crippen LogP contribution in [0.5, 0.6) is 0 Å². The average molecular weight is 250 g/mol. The van der Waals surface area contributed by atoms with Crippen molar-refractivity contribution in [2.24, 2.45) is 0 Å². The first-order valence-electron chi connectivity index (χ1n) is 4.90. The molecule has 2 aromatic rings. The van der Waals surface area contributed by atoms with E-state index in [4.69, 9.17) is 0 Å². The van der Waals surface area contributed by atoms with Gasteiger partial charge in [0.15, 0.2) is 0 Å². The molecular formula is C12H10O4S. The number of aryl methyl sites for hydroxylation is 1. The molecule has 0 saturated carbocycles. The van der Waals surface area contributed by atoms with Gasteiger partial charge in [-0.2, -0.15) is 0 Å². The summed E-state index contributed by atoms with van der Waals surface area (Å²) in [6.07, 6.45) is 0. The zero-order chi connectivity index (χ0) is 12.6. The Morgan fingerprint density at radius 1 is 1.35 bits per heavy atom. The molecule has 1 aromatic carbocycles. The topological polar surface area (TPSA) is 63.6 Å². The third-order valence-electron chi connectivity index (χ3n) is 2.50. The van der Waals surface area contributed by atoms with Gasteiger partial charge in [-0.15, -0.1) is 11.3 Å². The Morgan fingerprint density at radius 3 is 2.65 bits per heavy atom. The molecule has 5 heteroatoms. The highest BCUT2D eigenvalue weighted by molar-refractivity contribution is 7.21. The van der Waals surface area contributed by atoms with Crippen molar-refractivity contribution in [2.45, 2.75) is 6.92 Å². The number of carbonyl (C=O) groups excluding carboxylic acids is 1. The van der Waals surface area contributed by atoms with Gasteiger partial charge in [-0.25, -0.2) is 9.59 Å². The lowest BCUT2D eigenvalue weighted by molar-refractivity contribution is 0.0589. The molecule has 0 spiro atoms. The van der Waals surface area contributed by atoms with E-state index in [9.17, 15) is 14.7 Å². The van der Waals surface area contributed by atoms with Crippen molar-refractivity contribution in [3.63, 3.8) is 0 Å². The first-order chi connectivity index (χ1) is 8.06.